The molecule has 0 radical (unpaired) electrons. The first kappa shape index (κ1) is 9.01. The monoisotopic (exact) mass is 176 g/mol. The number of carbonyl (C=O) groups is 1. The molecule has 1 fully saturated rings. The van der Waals surface area contributed by atoms with Crippen LogP contribution in [0.5, 0.6) is 0 Å². The fourth-order valence-corrected chi connectivity index (χ4v) is 1.25. The maximum absolute atomic E-state index is 10.7. The first-order valence-corrected chi connectivity index (χ1v) is 4.18. The van der Waals surface area contributed by atoms with Crippen LogP contribution in [0.4, 0.5) is 0 Å². The maximum atomic E-state index is 10.7. The average Bonchev–Trinajstić information content (AvgIpc) is 1.84. The van der Waals surface area contributed by atoms with Crippen molar-refractivity contribution in [3.8, 4) is 0 Å². The molecule has 0 bridgehead atoms. The lowest BCUT2D eigenvalue weighted by molar-refractivity contribution is -0.143. The summed E-state index contributed by atoms with van der Waals surface area (Å²) in [6.07, 6.45) is 0.412. The van der Waals surface area contributed by atoms with Crippen LogP contribution in [-0.4, -0.2) is 22.9 Å². The van der Waals surface area contributed by atoms with Crippen molar-refractivity contribution in [1.82, 2.24) is 0 Å². The minimum absolute atomic E-state index is 0.0656. The molecule has 2 nitrogen and oxygen atoms in total. The largest absolute Gasteiger partial charge is 0.370 e. The summed E-state index contributed by atoms with van der Waals surface area (Å²) in [5.74, 6) is 0.0981. The van der Waals surface area contributed by atoms with Crippen LogP contribution in [0.3, 0.4) is 0 Å². The van der Waals surface area contributed by atoms with Gasteiger partial charge in [0.05, 0.1) is 11.7 Å². The summed E-state index contributed by atoms with van der Waals surface area (Å²) in [6, 6.07) is 0. The first-order chi connectivity index (χ1) is 4.90. The molecule has 2 atom stereocenters. The molecule has 0 aromatic heterocycles. The summed E-state index contributed by atoms with van der Waals surface area (Å²) < 4.78 is 5.50. The van der Waals surface area contributed by atoms with Gasteiger partial charge in [0.2, 0.25) is 0 Å². The van der Waals surface area contributed by atoms with E-state index >= 15 is 0 Å². The lowest BCUT2D eigenvalue weighted by Crippen LogP contribution is -2.48. The fourth-order valence-electron chi connectivity index (χ4n) is 1.02. The summed E-state index contributed by atoms with van der Waals surface area (Å²) in [5, 5.41) is -0.408. The van der Waals surface area contributed by atoms with Crippen molar-refractivity contribution >= 4 is 17.4 Å². The molecule has 64 valence electrons. The molecular formula is C8H13ClO2. The van der Waals surface area contributed by atoms with Crippen LogP contribution in [0.2, 0.25) is 0 Å². The van der Waals surface area contributed by atoms with E-state index in [1.165, 1.54) is 0 Å². The Kier molecular flexibility index (Phi) is 2.26. The van der Waals surface area contributed by atoms with E-state index in [4.69, 9.17) is 16.3 Å². The second kappa shape index (κ2) is 2.76. The summed E-state index contributed by atoms with van der Waals surface area (Å²) in [4.78, 5) is 10.7. The number of carbonyl (C=O) groups excluding carboxylic acids is 1. The van der Waals surface area contributed by atoms with Gasteiger partial charge in [0.1, 0.15) is 5.38 Å². The Morgan fingerprint density at radius 3 is 2.36 bits per heavy atom. The van der Waals surface area contributed by atoms with Crippen molar-refractivity contribution in [2.75, 3.05) is 0 Å². The van der Waals surface area contributed by atoms with E-state index in [1.54, 1.807) is 0 Å². The van der Waals surface area contributed by atoms with E-state index < -0.39 is 5.38 Å². The summed E-state index contributed by atoms with van der Waals surface area (Å²) in [7, 11) is 0. The molecule has 0 saturated heterocycles. The summed E-state index contributed by atoms with van der Waals surface area (Å²) in [6.45, 7) is 5.87. The standard InChI is InChI=1S/C8H13ClO2/c1-8(2,3)11-6-4-5(10)7(6)9/h6-7H,4H2,1-3H3/t6-,7-/m0/s1. The number of hydrogen-bond donors (Lipinski definition) is 0. The second-order valence-electron chi connectivity index (χ2n) is 3.84. The van der Waals surface area contributed by atoms with Crippen molar-refractivity contribution in [2.24, 2.45) is 0 Å². The number of ketones is 1. The van der Waals surface area contributed by atoms with Crippen LogP contribution in [0.15, 0.2) is 0 Å². The minimum Gasteiger partial charge on any atom is -0.370 e. The quantitative estimate of drug-likeness (QED) is 0.569. The SMILES string of the molecule is CC(C)(C)O[C@H]1CC(=O)[C@@H]1Cl. The molecule has 1 aliphatic rings. The molecule has 1 saturated carbocycles. The minimum atomic E-state index is -0.408. The average molecular weight is 177 g/mol. The normalized spacial score (nSPS) is 31.8. The third-order valence-electron chi connectivity index (χ3n) is 1.54. The van der Waals surface area contributed by atoms with E-state index in [-0.39, 0.29) is 17.5 Å². The van der Waals surface area contributed by atoms with Crippen molar-refractivity contribution in [3.63, 3.8) is 0 Å². The molecule has 0 N–H and O–H groups in total. The molecule has 0 aliphatic heterocycles. The van der Waals surface area contributed by atoms with Gasteiger partial charge < -0.3 is 4.74 Å². The zero-order valence-corrected chi connectivity index (χ0v) is 7.81. The van der Waals surface area contributed by atoms with Crippen LogP contribution in [0, 0.1) is 0 Å². The van der Waals surface area contributed by atoms with Gasteiger partial charge in [-0.3, -0.25) is 4.79 Å². The Hall–Kier alpha value is -0.0800. The number of alkyl halides is 1. The van der Waals surface area contributed by atoms with E-state index in [0.29, 0.717) is 6.42 Å². The third kappa shape index (κ3) is 2.17. The number of halogens is 1. The van der Waals surface area contributed by atoms with Crippen LogP contribution in [-0.2, 0) is 9.53 Å². The van der Waals surface area contributed by atoms with Crippen molar-refractivity contribution < 1.29 is 9.53 Å². The van der Waals surface area contributed by atoms with Gasteiger partial charge in [-0.05, 0) is 20.8 Å². The predicted octanol–water partition coefficient (Wildman–Crippen LogP) is 1.75. The van der Waals surface area contributed by atoms with Crippen molar-refractivity contribution in [1.29, 1.82) is 0 Å². The molecule has 0 unspecified atom stereocenters. The van der Waals surface area contributed by atoms with E-state index in [1.807, 2.05) is 20.8 Å². The number of hydrogen-bond acceptors (Lipinski definition) is 2. The molecular weight excluding hydrogens is 164 g/mol. The Bertz CT molecular complexity index is 171. The Labute approximate surface area is 71.9 Å². The van der Waals surface area contributed by atoms with Gasteiger partial charge in [-0.2, -0.15) is 0 Å². The van der Waals surface area contributed by atoms with Gasteiger partial charge in [0, 0.05) is 6.42 Å². The Balaban J connectivity index is 2.36. The van der Waals surface area contributed by atoms with E-state index in [0.717, 1.165) is 0 Å². The van der Waals surface area contributed by atoms with Gasteiger partial charge >= 0.3 is 0 Å². The Morgan fingerprint density at radius 2 is 2.09 bits per heavy atom. The van der Waals surface area contributed by atoms with Crippen molar-refractivity contribution in [2.45, 2.75) is 44.3 Å². The second-order valence-corrected chi connectivity index (χ2v) is 4.31. The molecule has 0 spiro atoms. The lowest BCUT2D eigenvalue weighted by Gasteiger charge is -2.35. The van der Waals surface area contributed by atoms with Crippen LogP contribution >= 0.6 is 11.6 Å². The zero-order valence-electron chi connectivity index (χ0n) is 7.06. The highest BCUT2D eigenvalue weighted by Crippen LogP contribution is 2.28. The summed E-state index contributed by atoms with van der Waals surface area (Å²) in [5.41, 5.74) is -0.196. The van der Waals surface area contributed by atoms with Crippen LogP contribution in [0.25, 0.3) is 0 Å². The molecule has 3 heteroatoms. The van der Waals surface area contributed by atoms with Gasteiger partial charge in [-0.1, -0.05) is 0 Å². The highest BCUT2D eigenvalue weighted by Gasteiger charge is 2.41. The number of ether oxygens (including phenoxy) is 1. The topological polar surface area (TPSA) is 26.3 Å². The van der Waals surface area contributed by atoms with Gasteiger partial charge in [0.15, 0.2) is 5.78 Å². The highest BCUT2D eigenvalue weighted by molar-refractivity contribution is 6.34. The lowest BCUT2D eigenvalue weighted by atomic mass is 9.92. The fraction of sp³-hybridized carbons (Fsp3) is 0.875. The molecule has 0 amide bonds. The summed E-state index contributed by atoms with van der Waals surface area (Å²) >= 11 is 5.70. The predicted molar refractivity (Wildman–Crippen MR) is 43.9 cm³/mol. The van der Waals surface area contributed by atoms with Gasteiger partial charge in [-0.25, -0.2) is 0 Å². The molecule has 1 aliphatic carbocycles. The molecule has 1 rings (SSSR count). The molecule has 11 heavy (non-hydrogen) atoms. The number of Topliss-reactive ketones (excluding diaryl/α,β-unsaturated/α-hetero) is 1. The number of rotatable bonds is 1. The van der Waals surface area contributed by atoms with Gasteiger partial charge in [0.25, 0.3) is 0 Å². The molecule has 0 heterocycles. The van der Waals surface area contributed by atoms with Gasteiger partial charge in [-0.15, -0.1) is 11.6 Å². The smallest absolute Gasteiger partial charge is 0.156 e. The Morgan fingerprint density at radius 1 is 1.55 bits per heavy atom. The zero-order chi connectivity index (χ0) is 8.65. The van der Waals surface area contributed by atoms with Crippen LogP contribution < -0.4 is 0 Å². The van der Waals surface area contributed by atoms with E-state index in [9.17, 15) is 4.79 Å². The molecule has 0 aromatic carbocycles. The van der Waals surface area contributed by atoms with E-state index in [2.05, 4.69) is 0 Å². The molecule has 0 aromatic rings. The third-order valence-corrected chi connectivity index (χ3v) is 2.07. The van der Waals surface area contributed by atoms with Crippen LogP contribution in [0.1, 0.15) is 27.2 Å². The highest BCUT2D eigenvalue weighted by atomic mass is 35.5. The maximum Gasteiger partial charge on any atom is 0.156 e. The van der Waals surface area contributed by atoms with Crippen molar-refractivity contribution in [3.05, 3.63) is 0 Å². The first-order valence-electron chi connectivity index (χ1n) is 3.75.